The molecule has 2 aliphatic carbocycles. The van der Waals surface area contributed by atoms with Crippen molar-refractivity contribution in [2.24, 2.45) is 5.16 Å². The van der Waals surface area contributed by atoms with E-state index in [0.717, 1.165) is 11.5 Å². The van der Waals surface area contributed by atoms with Gasteiger partial charge in [0, 0.05) is 6.42 Å². The number of thioether (sulfide) groups is 1. The van der Waals surface area contributed by atoms with Crippen LogP contribution in [0.4, 0.5) is 0 Å². The molecular weight excluding hydrogens is 206 g/mol. The number of oxime groups is 1. The quantitative estimate of drug-likeness (QED) is 0.678. The fraction of sp³-hybridized carbons (Fsp3) is 0.417. The molecule has 80 valence electrons. The summed E-state index contributed by atoms with van der Waals surface area (Å²) in [5.41, 5.74) is 2.79. The average Bonchev–Trinajstić information content (AvgIpc) is 2.65. The van der Waals surface area contributed by atoms with Crippen molar-refractivity contribution in [3.8, 4) is 11.1 Å². The Kier molecular flexibility index (Phi) is 2.74. The van der Waals surface area contributed by atoms with Gasteiger partial charge in [0.1, 0.15) is 10.6 Å². The molecule has 3 heteroatoms. The van der Waals surface area contributed by atoms with Crippen LogP contribution in [0.3, 0.4) is 0 Å². The average molecular weight is 221 g/mol. The highest BCUT2D eigenvalue weighted by Crippen LogP contribution is 2.32. The maximum absolute atomic E-state index is 5.11. The third-order valence-corrected chi connectivity index (χ3v) is 3.01. The molecule has 0 aromatic rings. The number of rotatable bonds is 0. The monoisotopic (exact) mass is 221 g/mol. The fourth-order valence-electron chi connectivity index (χ4n) is 1.39. The van der Waals surface area contributed by atoms with Crippen LogP contribution in [-0.2, 0) is 4.84 Å². The first-order chi connectivity index (χ1) is 7.11. The second-order valence-electron chi connectivity index (χ2n) is 4.30. The van der Waals surface area contributed by atoms with Crippen molar-refractivity contribution in [3.63, 3.8) is 0 Å². The van der Waals surface area contributed by atoms with Crippen LogP contribution in [0.2, 0.25) is 0 Å². The molecule has 1 heterocycles. The van der Waals surface area contributed by atoms with E-state index in [1.165, 1.54) is 11.1 Å². The van der Waals surface area contributed by atoms with Crippen LogP contribution in [0.1, 0.15) is 20.3 Å². The summed E-state index contributed by atoms with van der Waals surface area (Å²) in [4.78, 5) is 5.11. The van der Waals surface area contributed by atoms with Gasteiger partial charge in [0.15, 0.2) is 0 Å². The largest absolute Gasteiger partial charge is 0.389 e. The van der Waals surface area contributed by atoms with Crippen LogP contribution in [0.15, 0.2) is 29.4 Å². The van der Waals surface area contributed by atoms with Crippen LogP contribution in [0.25, 0.3) is 11.1 Å². The summed E-state index contributed by atoms with van der Waals surface area (Å²) in [7, 11) is 0. The van der Waals surface area contributed by atoms with Gasteiger partial charge in [-0.3, -0.25) is 0 Å². The number of benzene rings is 1. The molecule has 0 fully saturated rings. The lowest BCUT2D eigenvalue weighted by Gasteiger charge is -2.12. The molecule has 3 aliphatic rings. The van der Waals surface area contributed by atoms with E-state index in [2.05, 4.69) is 29.4 Å². The molecule has 0 radical (unpaired) electrons. The minimum absolute atomic E-state index is 0.0572. The van der Waals surface area contributed by atoms with E-state index < -0.39 is 0 Å². The molecule has 1 aliphatic heterocycles. The SMILES string of the molecule is CSC1=NOC(C)(C)C1.c1cc2cc-2c1. The van der Waals surface area contributed by atoms with Crippen molar-refractivity contribution in [3.05, 3.63) is 24.3 Å². The maximum atomic E-state index is 5.11. The van der Waals surface area contributed by atoms with Crippen LogP contribution in [0.5, 0.6) is 0 Å². The molecular formula is C12H15NOS. The summed E-state index contributed by atoms with van der Waals surface area (Å²) in [6.07, 6.45) is 2.97. The summed E-state index contributed by atoms with van der Waals surface area (Å²) in [5.74, 6) is 0. The third kappa shape index (κ3) is 2.75. The lowest BCUT2D eigenvalue weighted by atomic mass is 10.1. The van der Waals surface area contributed by atoms with Gasteiger partial charge >= 0.3 is 0 Å². The molecule has 0 atom stereocenters. The normalized spacial score (nSPS) is 18.5. The van der Waals surface area contributed by atoms with Crippen LogP contribution < -0.4 is 0 Å². The summed E-state index contributed by atoms with van der Waals surface area (Å²) >= 11 is 1.66. The van der Waals surface area contributed by atoms with Gasteiger partial charge in [-0.05, 0) is 37.3 Å². The van der Waals surface area contributed by atoms with Gasteiger partial charge < -0.3 is 4.84 Å². The topological polar surface area (TPSA) is 21.6 Å². The molecule has 0 spiro atoms. The summed E-state index contributed by atoms with van der Waals surface area (Å²) in [6.45, 7) is 4.08. The zero-order valence-electron chi connectivity index (χ0n) is 9.28. The number of hydrogen-bond donors (Lipinski definition) is 0. The number of nitrogens with zero attached hydrogens (tertiary/aromatic N) is 1. The predicted molar refractivity (Wildman–Crippen MR) is 66.2 cm³/mol. The zero-order valence-corrected chi connectivity index (χ0v) is 10.1. The zero-order chi connectivity index (χ0) is 10.9. The van der Waals surface area contributed by atoms with Gasteiger partial charge in [-0.15, -0.1) is 11.8 Å². The Hall–Kier alpha value is -0.960. The van der Waals surface area contributed by atoms with Crippen molar-refractivity contribution in [1.29, 1.82) is 0 Å². The van der Waals surface area contributed by atoms with Gasteiger partial charge in [-0.1, -0.05) is 23.4 Å². The lowest BCUT2D eigenvalue weighted by molar-refractivity contribution is 0.0123. The second-order valence-corrected chi connectivity index (χ2v) is 5.18. The van der Waals surface area contributed by atoms with E-state index in [1.54, 1.807) is 11.8 Å². The molecule has 3 rings (SSSR count). The lowest BCUT2D eigenvalue weighted by Crippen LogP contribution is -2.17. The molecule has 0 bridgehead atoms. The highest BCUT2D eigenvalue weighted by atomic mass is 32.2. The Labute approximate surface area is 94.7 Å². The molecule has 15 heavy (non-hydrogen) atoms. The van der Waals surface area contributed by atoms with E-state index in [1.807, 2.05) is 20.1 Å². The van der Waals surface area contributed by atoms with Crippen LogP contribution in [0, 0.1) is 0 Å². The first-order valence-electron chi connectivity index (χ1n) is 5.00. The van der Waals surface area contributed by atoms with Gasteiger partial charge in [-0.25, -0.2) is 0 Å². The Balaban J connectivity index is 0.000000121. The van der Waals surface area contributed by atoms with Crippen molar-refractivity contribution >= 4 is 16.8 Å². The second kappa shape index (κ2) is 3.89. The fourth-order valence-corrected chi connectivity index (χ4v) is 1.99. The molecule has 0 amide bonds. The maximum Gasteiger partial charge on any atom is 0.138 e. The van der Waals surface area contributed by atoms with E-state index >= 15 is 0 Å². The minimum atomic E-state index is -0.0572. The van der Waals surface area contributed by atoms with Crippen LogP contribution in [-0.4, -0.2) is 16.9 Å². The van der Waals surface area contributed by atoms with Crippen molar-refractivity contribution in [2.45, 2.75) is 25.9 Å². The molecule has 0 saturated carbocycles. The van der Waals surface area contributed by atoms with E-state index in [4.69, 9.17) is 4.84 Å². The smallest absolute Gasteiger partial charge is 0.138 e. The minimum Gasteiger partial charge on any atom is -0.389 e. The first kappa shape index (κ1) is 10.6. The predicted octanol–water partition coefficient (Wildman–Crippen LogP) is 3.53. The Morgan fingerprint density at radius 3 is 2.20 bits per heavy atom. The van der Waals surface area contributed by atoms with Crippen LogP contribution >= 0.6 is 11.8 Å². The standard InChI is InChI=1S/C6H11NOS.C6H4/c1-6(2)4-5(9-3)7-8-6;1-2-5-4-6(5)3-1/h4H2,1-3H3;1-4H. The Morgan fingerprint density at radius 1 is 1.33 bits per heavy atom. The molecule has 0 unspecified atom stereocenters. The molecule has 0 saturated heterocycles. The molecule has 0 N–H and O–H groups in total. The summed E-state index contributed by atoms with van der Waals surface area (Å²) in [5, 5.41) is 4.98. The number of fused-ring (bicyclic) bond motifs is 1. The van der Waals surface area contributed by atoms with Gasteiger partial charge in [-0.2, -0.15) is 0 Å². The Morgan fingerprint density at radius 2 is 2.00 bits per heavy atom. The molecule has 2 nitrogen and oxygen atoms in total. The first-order valence-corrected chi connectivity index (χ1v) is 6.23. The molecule has 0 aromatic carbocycles. The summed E-state index contributed by atoms with van der Waals surface area (Å²) < 4.78 is 0. The third-order valence-electron chi connectivity index (χ3n) is 2.32. The van der Waals surface area contributed by atoms with Crippen molar-refractivity contribution in [2.75, 3.05) is 6.26 Å². The van der Waals surface area contributed by atoms with E-state index in [0.29, 0.717) is 0 Å². The van der Waals surface area contributed by atoms with Gasteiger partial charge in [0.05, 0.1) is 0 Å². The van der Waals surface area contributed by atoms with Crippen molar-refractivity contribution in [1.82, 2.24) is 0 Å². The van der Waals surface area contributed by atoms with E-state index in [-0.39, 0.29) is 5.60 Å². The van der Waals surface area contributed by atoms with Gasteiger partial charge in [0.25, 0.3) is 0 Å². The van der Waals surface area contributed by atoms with Gasteiger partial charge in [0.2, 0.25) is 0 Å². The Bertz CT molecular complexity index is 381. The number of hydrogen-bond acceptors (Lipinski definition) is 3. The molecule has 0 aromatic heterocycles. The summed E-state index contributed by atoms with van der Waals surface area (Å²) in [6, 6.07) is 8.48. The highest BCUT2D eigenvalue weighted by molar-refractivity contribution is 8.13. The van der Waals surface area contributed by atoms with Crippen molar-refractivity contribution < 1.29 is 4.84 Å². The highest BCUT2D eigenvalue weighted by Gasteiger charge is 2.27. The van der Waals surface area contributed by atoms with E-state index in [9.17, 15) is 0 Å².